The third-order valence-electron chi connectivity index (χ3n) is 5.85. The molecule has 3 heterocycles. The molecule has 0 saturated heterocycles. The molecule has 4 aromatic rings. The highest BCUT2D eigenvalue weighted by Gasteiger charge is 2.32. The van der Waals surface area contributed by atoms with E-state index in [1.54, 1.807) is 36.9 Å². The predicted molar refractivity (Wildman–Crippen MR) is 147 cm³/mol. The van der Waals surface area contributed by atoms with Gasteiger partial charge >= 0.3 is 0 Å². The Kier molecular flexibility index (Phi) is 7.70. The first-order chi connectivity index (χ1) is 16.2. The number of rotatable bonds is 7. The Morgan fingerprint density at radius 3 is 2.47 bits per heavy atom. The van der Waals surface area contributed by atoms with Crippen molar-refractivity contribution in [3.63, 3.8) is 0 Å². The third-order valence-corrected chi connectivity index (χ3v) is 7.60. The van der Waals surface area contributed by atoms with E-state index in [1.807, 2.05) is 12.1 Å². The minimum Gasteiger partial charge on any atom is -0.493 e. The van der Waals surface area contributed by atoms with Crippen molar-refractivity contribution in [2.75, 3.05) is 19.2 Å². The molecule has 0 saturated carbocycles. The number of aryl methyl sites for hydroxylation is 1. The number of ether oxygens (including phenoxy) is 2. The van der Waals surface area contributed by atoms with Crippen LogP contribution in [0.5, 0.6) is 11.5 Å². The number of hydrazone groups is 1. The predicted octanol–water partition coefficient (Wildman–Crippen LogP) is 7.38. The zero-order valence-electron chi connectivity index (χ0n) is 19.2. The van der Waals surface area contributed by atoms with E-state index in [9.17, 15) is 0 Å². The number of benzene rings is 2. The third kappa shape index (κ3) is 4.76. The molecule has 1 aliphatic rings. The van der Waals surface area contributed by atoms with Crippen LogP contribution in [0.2, 0.25) is 0 Å². The summed E-state index contributed by atoms with van der Waals surface area (Å²) in [4.78, 5) is 6.16. The molecule has 2 aromatic carbocycles. The lowest BCUT2D eigenvalue weighted by atomic mass is 10.0. The molecule has 1 unspecified atom stereocenters. The number of thiophene rings is 1. The van der Waals surface area contributed by atoms with Crippen LogP contribution in [0.15, 0.2) is 70.5 Å². The summed E-state index contributed by atoms with van der Waals surface area (Å²) >= 11 is 3.34. The van der Waals surface area contributed by atoms with Gasteiger partial charge in [0, 0.05) is 17.4 Å². The Labute approximate surface area is 218 Å². The smallest absolute Gasteiger partial charge is 0.207 e. The van der Waals surface area contributed by atoms with Gasteiger partial charge < -0.3 is 9.47 Å². The van der Waals surface area contributed by atoms with Crippen molar-refractivity contribution < 1.29 is 9.47 Å². The number of methoxy groups -OCH3 is 2. The molecule has 5 rings (SSSR count). The summed E-state index contributed by atoms with van der Waals surface area (Å²) in [6.07, 6.45) is 1.83. The normalized spacial score (nSPS) is 15.1. The number of thiazole rings is 1. The second-order valence-electron chi connectivity index (χ2n) is 7.77. The molecule has 1 aliphatic heterocycles. The lowest BCUT2D eigenvalue weighted by molar-refractivity contribution is 0.354. The number of aromatic nitrogens is 1. The Bertz CT molecular complexity index is 1270. The fourth-order valence-corrected chi connectivity index (χ4v) is 5.57. The zero-order chi connectivity index (χ0) is 22.8. The van der Waals surface area contributed by atoms with Crippen molar-refractivity contribution in [2.24, 2.45) is 5.10 Å². The van der Waals surface area contributed by atoms with Crippen molar-refractivity contribution in [2.45, 2.75) is 25.8 Å². The van der Waals surface area contributed by atoms with Crippen molar-refractivity contribution in [1.82, 2.24) is 4.98 Å². The Morgan fingerprint density at radius 1 is 1.00 bits per heavy atom. The fourth-order valence-electron chi connectivity index (χ4n) is 4.01. The molecule has 0 bridgehead atoms. The highest BCUT2D eigenvalue weighted by atomic mass is 79.9. The van der Waals surface area contributed by atoms with E-state index < -0.39 is 0 Å². The highest BCUT2D eigenvalue weighted by molar-refractivity contribution is 8.93. The quantitative estimate of drug-likeness (QED) is 0.238. The van der Waals surface area contributed by atoms with E-state index in [0.717, 1.165) is 52.0 Å². The first kappa shape index (κ1) is 24.4. The SMILES string of the molecule is Br.CCc1ccc(-c2csc(N3N=C(c4cccs4)CC3c3ccc(OC)c(OC)c3)n2)cc1. The van der Waals surface area contributed by atoms with E-state index in [1.165, 1.54) is 10.4 Å². The summed E-state index contributed by atoms with van der Waals surface area (Å²) in [6, 6.07) is 18.9. The van der Waals surface area contributed by atoms with Crippen molar-refractivity contribution in [3.8, 4) is 22.8 Å². The molecular weight excluding hydrogens is 530 g/mol. The lowest BCUT2D eigenvalue weighted by Gasteiger charge is -2.22. The van der Waals surface area contributed by atoms with Crippen LogP contribution in [0, 0.1) is 0 Å². The van der Waals surface area contributed by atoms with Gasteiger partial charge in [-0.1, -0.05) is 43.3 Å². The van der Waals surface area contributed by atoms with E-state index >= 15 is 0 Å². The lowest BCUT2D eigenvalue weighted by Crippen LogP contribution is -2.18. The van der Waals surface area contributed by atoms with Gasteiger partial charge in [-0.25, -0.2) is 9.99 Å². The van der Waals surface area contributed by atoms with Gasteiger partial charge in [-0.3, -0.25) is 0 Å². The first-order valence-electron chi connectivity index (χ1n) is 10.9. The van der Waals surface area contributed by atoms with E-state index in [4.69, 9.17) is 19.6 Å². The number of anilines is 1. The van der Waals surface area contributed by atoms with Crippen molar-refractivity contribution in [1.29, 1.82) is 0 Å². The van der Waals surface area contributed by atoms with Gasteiger partial charge in [-0.15, -0.1) is 39.7 Å². The van der Waals surface area contributed by atoms with Gasteiger partial charge in [0.05, 0.1) is 36.5 Å². The summed E-state index contributed by atoms with van der Waals surface area (Å²) in [5.41, 5.74) is 5.62. The summed E-state index contributed by atoms with van der Waals surface area (Å²) in [5.74, 6) is 1.44. The van der Waals surface area contributed by atoms with Gasteiger partial charge in [0.25, 0.3) is 0 Å². The van der Waals surface area contributed by atoms with Crippen LogP contribution < -0.4 is 14.5 Å². The minimum atomic E-state index is 0. The molecule has 0 fully saturated rings. The molecule has 34 heavy (non-hydrogen) atoms. The Balaban J connectivity index is 0.00000274. The maximum absolute atomic E-state index is 5.57. The summed E-state index contributed by atoms with van der Waals surface area (Å²) in [6.45, 7) is 2.17. The highest BCUT2D eigenvalue weighted by Crippen LogP contribution is 2.42. The second-order valence-corrected chi connectivity index (χ2v) is 9.55. The number of hydrogen-bond donors (Lipinski definition) is 0. The summed E-state index contributed by atoms with van der Waals surface area (Å²) in [7, 11) is 3.32. The molecule has 0 spiro atoms. The van der Waals surface area contributed by atoms with Crippen LogP contribution in [0.25, 0.3) is 11.3 Å². The first-order valence-corrected chi connectivity index (χ1v) is 12.6. The van der Waals surface area contributed by atoms with Crippen LogP contribution in [-0.2, 0) is 6.42 Å². The Hall–Kier alpha value is -2.68. The van der Waals surface area contributed by atoms with Crippen LogP contribution in [0.1, 0.15) is 35.4 Å². The number of nitrogens with zero attached hydrogens (tertiary/aromatic N) is 3. The molecule has 0 radical (unpaired) electrons. The molecule has 1 atom stereocenters. The number of halogens is 1. The largest absolute Gasteiger partial charge is 0.493 e. The van der Waals surface area contributed by atoms with E-state index in [-0.39, 0.29) is 23.0 Å². The van der Waals surface area contributed by atoms with Crippen molar-refractivity contribution in [3.05, 3.63) is 81.4 Å². The van der Waals surface area contributed by atoms with Crippen LogP contribution >= 0.6 is 39.7 Å². The van der Waals surface area contributed by atoms with Crippen LogP contribution in [0.4, 0.5) is 5.13 Å². The van der Waals surface area contributed by atoms with E-state index in [0.29, 0.717) is 0 Å². The average Bonchev–Trinajstić information content (AvgIpc) is 3.63. The van der Waals surface area contributed by atoms with Gasteiger partial charge in [-0.05, 0) is 41.1 Å². The fraction of sp³-hybridized carbons (Fsp3) is 0.231. The standard InChI is InChI=1S/C26H25N3O2S2.BrH/c1-4-17-7-9-18(10-8-17)21-16-33-26(27-21)29-22(15-20(28-29)25-6-5-13-32-25)19-11-12-23(30-2)24(14-19)31-3;/h5-14,16,22H,4,15H2,1-3H3;1H. The molecule has 0 N–H and O–H groups in total. The molecule has 5 nitrogen and oxygen atoms in total. The van der Waals surface area contributed by atoms with Crippen LogP contribution in [0.3, 0.4) is 0 Å². The molecule has 0 aliphatic carbocycles. The van der Waals surface area contributed by atoms with Gasteiger partial charge in [0.2, 0.25) is 5.13 Å². The monoisotopic (exact) mass is 555 g/mol. The van der Waals surface area contributed by atoms with Crippen LogP contribution in [-0.4, -0.2) is 24.9 Å². The molecule has 176 valence electrons. The van der Waals surface area contributed by atoms with Crippen molar-refractivity contribution >= 4 is 50.5 Å². The molecule has 0 amide bonds. The average molecular weight is 557 g/mol. The molecule has 2 aromatic heterocycles. The zero-order valence-corrected chi connectivity index (χ0v) is 22.6. The number of hydrogen-bond acceptors (Lipinski definition) is 7. The maximum atomic E-state index is 5.57. The Morgan fingerprint density at radius 2 is 1.79 bits per heavy atom. The molecular formula is C26H26BrN3O2S2. The second kappa shape index (κ2) is 10.7. The van der Waals surface area contributed by atoms with E-state index in [2.05, 4.69) is 65.2 Å². The molecule has 8 heteroatoms. The topological polar surface area (TPSA) is 47.0 Å². The van der Waals surface area contributed by atoms with Gasteiger partial charge in [0.15, 0.2) is 11.5 Å². The summed E-state index contributed by atoms with van der Waals surface area (Å²) in [5, 5.41) is 12.2. The van der Waals surface area contributed by atoms with Gasteiger partial charge in [-0.2, -0.15) is 5.10 Å². The van der Waals surface area contributed by atoms with Gasteiger partial charge in [0.1, 0.15) is 0 Å². The maximum Gasteiger partial charge on any atom is 0.207 e. The minimum absolute atomic E-state index is 0. The summed E-state index contributed by atoms with van der Waals surface area (Å²) < 4.78 is 11.0.